The van der Waals surface area contributed by atoms with Gasteiger partial charge in [0, 0.05) is 0 Å². The number of hydrogen-bond donors (Lipinski definition) is 0. The van der Waals surface area contributed by atoms with Crippen molar-refractivity contribution >= 4 is 24.2 Å². The van der Waals surface area contributed by atoms with E-state index in [1.165, 1.54) is 0 Å². The van der Waals surface area contributed by atoms with Gasteiger partial charge in [0.05, 0.1) is 0 Å². The zero-order valence-electron chi connectivity index (χ0n) is 5.65. The van der Waals surface area contributed by atoms with E-state index in [0.717, 1.165) is 6.95 Å². The summed E-state index contributed by atoms with van der Waals surface area (Å²) in [4.78, 5) is 0. The normalized spacial score (nSPS) is 11.1. The Morgan fingerprint density at radius 1 is 0.857 bits per heavy atom. The van der Waals surface area contributed by atoms with Crippen LogP contribution in [-0.2, 0) is 0 Å². The summed E-state index contributed by atoms with van der Waals surface area (Å²) in [5.41, 5.74) is 0. The van der Waals surface area contributed by atoms with E-state index in [2.05, 4.69) is 27.7 Å². The summed E-state index contributed by atoms with van der Waals surface area (Å²) < 4.78 is 2.14. The maximum atomic E-state index is 2.35. The van der Waals surface area contributed by atoms with E-state index in [1.54, 1.807) is 0 Å². The van der Waals surface area contributed by atoms with Crippen molar-refractivity contribution in [1.82, 2.24) is 0 Å². The SMILES string of the molecule is C[CH](C)[Pb][CH](C)C. The maximum absolute atomic E-state index is 2.35. The van der Waals surface area contributed by atoms with Gasteiger partial charge in [0.15, 0.2) is 0 Å². The predicted molar refractivity (Wildman–Crippen MR) is 35.9 cm³/mol. The average Bonchev–Trinajstić information content (AvgIpc) is 1.27. The zero-order chi connectivity index (χ0) is 5.86. The fourth-order valence-corrected chi connectivity index (χ4v) is 5.85. The van der Waals surface area contributed by atoms with E-state index in [1.807, 2.05) is 0 Å². The first kappa shape index (κ1) is 7.92. The summed E-state index contributed by atoms with van der Waals surface area (Å²) in [6.07, 6.45) is 0. The Morgan fingerprint density at radius 2 is 1.14 bits per heavy atom. The van der Waals surface area contributed by atoms with Crippen molar-refractivity contribution in [2.75, 3.05) is 0 Å². The summed E-state index contributed by atoms with van der Waals surface area (Å²) in [5.74, 6) is 0. The molecule has 0 heterocycles. The minimum absolute atomic E-state index is 0.151. The van der Waals surface area contributed by atoms with Gasteiger partial charge in [-0.2, -0.15) is 0 Å². The van der Waals surface area contributed by atoms with Gasteiger partial charge in [-0.25, -0.2) is 0 Å². The van der Waals surface area contributed by atoms with Gasteiger partial charge in [-0.1, -0.05) is 0 Å². The third kappa shape index (κ3) is 6.92. The molecule has 0 amide bonds. The Morgan fingerprint density at radius 3 is 1.14 bits per heavy atom. The Balaban J connectivity index is 2.95. The first-order valence-corrected chi connectivity index (χ1v) is 7.38. The summed E-state index contributed by atoms with van der Waals surface area (Å²) in [7, 11) is 0. The molecule has 0 aromatic rings. The zero-order valence-corrected chi connectivity index (χ0v) is 9.54. The van der Waals surface area contributed by atoms with Gasteiger partial charge < -0.3 is 0 Å². The number of rotatable bonds is 2. The van der Waals surface area contributed by atoms with E-state index in [4.69, 9.17) is 0 Å². The van der Waals surface area contributed by atoms with Gasteiger partial charge >= 0.3 is 58.9 Å². The average molecular weight is 293 g/mol. The summed E-state index contributed by atoms with van der Waals surface area (Å²) in [6.45, 7) is 9.40. The van der Waals surface area contributed by atoms with E-state index in [-0.39, 0.29) is 24.2 Å². The number of hydrogen-bond acceptors (Lipinski definition) is 0. The van der Waals surface area contributed by atoms with E-state index in [0.29, 0.717) is 0 Å². The monoisotopic (exact) mass is 294 g/mol. The third-order valence-electron chi connectivity index (χ3n) is 0.667. The molecular formula is C6H14Pb. The molecule has 0 N–H and O–H groups in total. The van der Waals surface area contributed by atoms with Crippen molar-refractivity contribution in [2.24, 2.45) is 0 Å². The third-order valence-corrected chi connectivity index (χ3v) is 5.85. The second-order valence-corrected chi connectivity index (χ2v) is 12.7. The second-order valence-electron chi connectivity index (χ2n) is 2.48. The Bertz CT molecular complexity index is 33.4. The van der Waals surface area contributed by atoms with Crippen LogP contribution in [0.15, 0.2) is 0 Å². The first-order chi connectivity index (χ1) is 3.13. The summed E-state index contributed by atoms with van der Waals surface area (Å²) in [5, 5.41) is 0. The molecule has 7 heavy (non-hydrogen) atoms. The molecule has 0 fully saturated rings. The van der Waals surface area contributed by atoms with Crippen LogP contribution in [-0.4, -0.2) is 24.2 Å². The van der Waals surface area contributed by atoms with Crippen LogP contribution in [0.5, 0.6) is 0 Å². The van der Waals surface area contributed by atoms with Gasteiger partial charge in [0.25, 0.3) is 0 Å². The Hall–Kier alpha value is 0.922. The molecule has 0 rings (SSSR count). The van der Waals surface area contributed by atoms with E-state index < -0.39 is 0 Å². The van der Waals surface area contributed by atoms with Crippen molar-refractivity contribution in [3.05, 3.63) is 0 Å². The molecule has 0 atom stereocenters. The van der Waals surface area contributed by atoms with Crippen molar-refractivity contribution in [2.45, 2.75) is 34.6 Å². The second kappa shape index (κ2) is 3.87. The topological polar surface area (TPSA) is 0 Å². The standard InChI is InChI=1S/2C3H7.Pb/c2*1-3-2;/h2*3H,1-2H3;. The summed E-state index contributed by atoms with van der Waals surface area (Å²) in [6, 6.07) is 0. The van der Waals surface area contributed by atoms with Gasteiger partial charge in [-0.05, 0) is 0 Å². The predicted octanol–water partition coefficient (Wildman–Crippen LogP) is 2.35. The Kier molecular flexibility index (Phi) is 4.38. The molecule has 0 saturated carbocycles. The molecule has 1 heteroatoms. The van der Waals surface area contributed by atoms with Crippen LogP contribution >= 0.6 is 0 Å². The first-order valence-electron chi connectivity index (χ1n) is 2.89. The molecule has 42 valence electrons. The van der Waals surface area contributed by atoms with Crippen LogP contribution in [0.2, 0.25) is 6.95 Å². The van der Waals surface area contributed by atoms with Gasteiger partial charge in [-0.15, -0.1) is 0 Å². The van der Waals surface area contributed by atoms with Crippen molar-refractivity contribution in [3.8, 4) is 0 Å². The Labute approximate surface area is 58.9 Å². The molecule has 0 aromatic heterocycles. The minimum atomic E-state index is -0.151. The van der Waals surface area contributed by atoms with Crippen molar-refractivity contribution in [1.29, 1.82) is 0 Å². The van der Waals surface area contributed by atoms with Crippen LogP contribution in [0, 0.1) is 0 Å². The molecule has 0 spiro atoms. The summed E-state index contributed by atoms with van der Waals surface area (Å²) >= 11 is -0.151. The molecule has 0 unspecified atom stereocenters. The fraction of sp³-hybridized carbons (Fsp3) is 1.00. The molecule has 0 aromatic carbocycles. The van der Waals surface area contributed by atoms with Crippen LogP contribution in [0.3, 0.4) is 0 Å². The van der Waals surface area contributed by atoms with Gasteiger partial charge in [0.1, 0.15) is 0 Å². The molecule has 0 aliphatic rings. The van der Waals surface area contributed by atoms with Crippen LogP contribution in [0.1, 0.15) is 27.7 Å². The van der Waals surface area contributed by atoms with Crippen molar-refractivity contribution < 1.29 is 0 Å². The molecule has 0 nitrogen and oxygen atoms in total. The molecule has 0 aliphatic carbocycles. The molecular weight excluding hydrogens is 279 g/mol. The molecule has 0 aliphatic heterocycles. The fourth-order valence-electron chi connectivity index (χ4n) is 0.667. The van der Waals surface area contributed by atoms with E-state index >= 15 is 0 Å². The van der Waals surface area contributed by atoms with Gasteiger partial charge in [-0.3, -0.25) is 0 Å². The van der Waals surface area contributed by atoms with Crippen molar-refractivity contribution in [3.63, 3.8) is 0 Å². The van der Waals surface area contributed by atoms with Crippen LogP contribution in [0.25, 0.3) is 0 Å². The van der Waals surface area contributed by atoms with Crippen LogP contribution < -0.4 is 0 Å². The molecule has 0 bridgehead atoms. The van der Waals surface area contributed by atoms with Gasteiger partial charge in [0.2, 0.25) is 0 Å². The van der Waals surface area contributed by atoms with E-state index in [9.17, 15) is 0 Å². The molecule has 2 radical (unpaired) electrons. The quantitative estimate of drug-likeness (QED) is 0.686. The molecule has 0 saturated heterocycles. The van der Waals surface area contributed by atoms with Crippen LogP contribution in [0.4, 0.5) is 0 Å².